The van der Waals surface area contributed by atoms with Gasteiger partial charge in [-0.3, -0.25) is 9.59 Å². The highest BCUT2D eigenvalue weighted by atomic mass is 16.6. The molecular formula is C36H47N3O5. The van der Waals surface area contributed by atoms with E-state index in [4.69, 9.17) is 4.74 Å². The Labute approximate surface area is 261 Å². The summed E-state index contributed by atoms with van der Waals surface area (Å²) in [4.78, 5) is 43.6. The third-order valence-corrected chi connectivity index (χ3v) is 7.41. The van der Waals surface area contributed by atoms with Crippen LogP contribution in [0.15, 0.2) is 60.7 Å². The number of alkyl carbamates (subject to hydrolysis) is 1. The van der Waals surface area contributed by atoms with E-state index in [1.165, 1.54) is 12.1 Å². The van der Waals surface area contributed by atoms with Gasteiger partial charge in [0.1, 0.15) is 23.4 Å². The van der Waals surface area contributed by atoms with Gasteiger partial charge in [0.05, 0.1) is 0 Å². The molecule has 8 nitrogen and oxygen atoms in total. The minimum absolute atomic E-state index is 0.0966. The number of benzene rings is 3. The van der Waals surface area contributed by atoms with Gasteiger partial charge in [0.15, 0.2) is 0 Å². The first-order valence-corrected chi connectivity index (χ1v) is 15.2. The average molecular weight is 602 g/mol. The van der Waals surface area contributed by atoms with Gasteiger partial charge in [-0.15, -0.1) is 0 Å². The predicted octanol–water partition coefficient (Wildman–Crippen LogP) is 7.07. The molecule has 2 atom stereocenters. The monoisotopic (exact) mass is 601 g/mol. The molecule has 8 heteroatoms. The normalized spacial score (nSPS) is 12.6. The number of carbonyl (C=O) groups excluding carboxylic acids is 3. The van der Waals surface area contributed by atoms with Crippen LogP contribution in [-0.4, -0.2) is 46.1 Å². The number of ether oxygens (including phenoxy) is 1. The van der Waals surface area contributed by atoms with Crippen LogP contribution in [-0.2, 0) is 20.7 Å². The molecule has 0 bridgehead atoms. The van der Waals surface area contributed by atoms with Crippen LogP contribution in [0, 0.1) is 27.7 Å². The van der Waals surface area contributed by atoms with E-state index in [-0.39, 0.29) is 18.1 Å². The zero-order valence-electron chi connectivity index (χ0n) is 27.3. The molecule has 3 aromatic rings. The van der Waals surface area contributed by atoms with Gasteiger partial charge in [-0.05, 0) is 94.8 Å². The third-order valence-electron chi connectivity index (χ3n) is 7.41. The van der Waals surface area contributed by atoms with Crippen molar-refractivity contribution in [1.29, 1.82) is 0 Å². The molecule has 3 amide bonds. The zero-order valence-corrected chi connectivity index (χ0v) is 27.3. The van der Waals surface area contributed by atoms with Crippen LogP contribution < -0.4 is 10.6 Å². The Morgan fingerprint density at radius 3 is 2.11 bits per heavy atom. The van der Waals surface area contributed by atoms with Crippen molar-refractivity contribution in [3.8, 4) is 5.75 Å². The number of nitrogens with zero attached hydrogens (tertiary/aromatic N) is 1. The highest BCUT2D eigenvalue weighted by Crippen LogP contribution is 2.30. The van der Waals surface area contributed by atoms with Crippen LogP contribution in [0.3, 0.4) is 0 Å². The van der Waals surface area contributed by atoms with Gasteiger partial charge in [-0.1, -0.05) is 67.4 Å². The Kier molecular flexibility index (Phi) is 11.6. The Balaban J connectivity index is 2.12. The van der Waals surface area contributed by atoms with Crippen LogP contribution >= 0.6 is 0 Å². The molecular weight excluding hydrogens is 554 g/mol. The number of nitrogens with one attached hydrogen (secondary N) is 2. The Morgan fingerprint density at radius 2 is 1.55 bits per heavy atom. The summed E-state index contributed by atoms with van der Waals surface area (Å²) in [7, 11) is 0. The number of phenolic OH excluding ortho intramolecular Hbond substituents is 1. The number of phenols is 1. The number of amides is 3. The second-order valence-corrected chi connectivity index (χ2v) is 12.5. The van der Waals surface area contributed by atoms with Gasteiger partial charge in [0, 0.05) is 18.7 Å². The lowest BCUT2D eigenvalue weighted by Crippen LogP contribution is -2.53. The van der Waals surface area contributed by atoms with Crippen LogP contribution in [0.25, 0.3) is 0 Å². The first-order valence-electron chi connectivity index (χ1n) is 15.2. The predicted molar refractivity (Wildman–Crippen MR) is 175 cm³/mol. The van der Waals surface area contributed by atoms with Crippen molar-refractivity contribution in [2.75, 3.05) is 11.9 Å². The number of rotatable bonds is 11. The Bertz CT molecular complexity index is 1440. The number of para-hydroxylation sites is 1. The lowest BCUT2D eigenvalue weighted by Gasteiger charge is -2.35. The molecule has 0 radical (unpaired) electrons. The maximum absolute atomic E-state index is 14.6. The van der Waals surface area contributed by atoms with Gasteiger partial charge in [-0.2, -0.15) is 0 Å². The second kappa shape index (κ2) is 14.9. The van der Waals surface area contributed by atoms with Crippen molar-refractivity contribution in [3.63, 3.8) is 0 Å². The molecule has 2 unspecified atom stereocenters. The lowest BCUT2D eigenvalue weighted by atomic mass is 9.95. The number of anilines is 1. The Morgan fingerprint density at radius 1 is 0.909 bits per heavy atom. The fraction of sp³-hybridized carbons (Fsp3) is 0.417. The highest BCUT2D eigenvalue weighted by molar-refractivity contribution is 6.00. The largest absolute Gasteiger partial charge is 0.508 e. The first-order chi connectivity index (χ1) is 20.7. The van der Waals surface area contributed by atoms with E-state index in [9.17, 15) is 19.5 Å². The molecule has 44 heavy (non-hydrogen) atoms. The maximum Gasteiger partial charge on any atom is 0.408 e. The van der Waals surface area contributed by atoms with Gasteiger partial charge in [0.2, 0.25) is 5.91 Å². The number of hydrogen-bond acceptors (Lipinski definition) is 5. The number of aromatic hydroxyl groups is 1. The van der Waals surface area contributed by atoms with E-state index < -0.39 is 29.7 Å². The fourth-order valence-electron chi connectivity index (χ4n) is 5.20. The van der Waals surface area contributed by atoms with Gasteiger partial charge in [-0.25, -0.2) is 4.79 Å². The molecule has 0 aliphatic carbocycles. The summed E-state index contributed by atoms with van der Waals surface area (Å²) < 4.78 is 5.53. The summed E-state index contributed by atoms with van der Waals surface area (Å²) in [5.74, 6) is -0.641. The number of carbonyl (C=O) groups is 3. The quantitative estimate of drug-likeness (QED) is 0.218. The number of hydrogen-bond donors (Lipinski definition) is 3. The minimum atomic E-state index is -1.03. The van der Waals surface area contributed by atoms with Crippen molar-refractivity contribution in [2.45, 2.75) is 92.3 Å². The maximum atomic E-state index is 14.6. The van der Waals surface area contributed by atoms with E-state index in [1.54, 1.807) is 37.8 Å². The molecule has 3 rings (SSSR count). The summed E-state index contributed by atoms with van der Waals surface area (Å²) in [6.45, 7) is 15.4. The SMILES string of the molecule is CCCCN(C(=O)C(Cc1ccc(O)cc1)NC(=O)OC(C)(C)C)C(C(=O)Nc1c(C)cccc1C)c1ccc(C)cc1C. The second-order valence-electron chi connectivity index (χ2n) is 12.5. The molecule has 0 aliphatic rings. The topological polar surface area (TPSA) is 108 Å². The van der Waals surface area contributed by atoms with Gasteiger partial charge in [0.25, 0.3) is 5.91 Å². The minimum Gasteiger partial charge on any atom is -0.508 e. The Hall–Kier alpha value is -4.33. The van der Waals surface area contributed by atoms with Gasteiger partial charge >= 0.3 is 6.09 Å². The van der Waals surface area contributed by atoms with Crippen LogP contribution in [0.1, 0.15) is 80.0 Å². The molecule has 236 valence electrons. The summed E-state index contributed by atoms with van der Waals surface area (Å²) in [6.07, 6.45) is 0.860. The molecule has 3 N–H and O–H groups in total. The van der Waals surface area contributed by atoms with Crippen molar-refractivity contribution < 1.29 is 24.2 Å². The van der Waals surface area contributed by atoms with Crippen molar-refractivity contribution in [1.82, 2.24) is 10.2 Å². The standard InChI is InChI=1S/C36H47N3O5/c1-9-10-20-39(34(42)30(37-35(43)44-36(6,7)8)22-27-15-17-28(40)18-16-27)32(29-19-14-23(2)21-26(29)5)33(41)38-31-24(3)12-11-13-25(31)4/h11-19,21,30,32,40H,9-10,20,22H2,1-8H3,(H,37,43)(H,38,41). The summed E-state index contributed by atoms with van der Waals surface area (Å²) in [5.41, 5.74) is 5.15. The first kappa shape index (κ1) is 34.2. The van der Waals surface area contributed by atoms with Gasteiger partial charge < -0.3 is 25.4 Å². The average Bonchev–Trinajstić information content (AvgIpc) is 2.93. The molecule has 0 aliphatic heterocycles. The molecule has 0 spiro atoms. The molecule has 0 fully saturated rings. The summed E-state index contributed by atoms with van der Waals surface area (Å²) in [5, 5.41) is 15.7. The van der Waals surface area contributed by atoms with E-state index in [0.29, 0.717) is 24.2 Å². The third kappa shape index (κ3) is 9.33. The fourth-order valence-corrected chi connectivity index (χ4v) is 5.20. The highest BCUT2D eigenvalue weighted by Gasteiger charge is 2.37. The zero-order chi connectivity index (χ0) is 32.6. The van der Waals surface area contributed by atoms with Crippen LogP contribution in [0.5, 0.6) is 5.75 Å². The smallest absolute Gasteiger partial charge is 0.408 e. The lowest BCUT2D eigenvalue weighted by molar-refractivity contribution is -0.140. The van der Waals surface area contributed by atoms with Crippen molar-refractivity contribution >= 4 is 23.6 Å². The van der Waals surface area contributed by atoms with E-state index in [1.807, 2.05) is 71.0 Å². The molecule has 3 aromatic carbocycles. The number of unbranched alkanes of at least 4 members (excludes halogenated alkanes) is 1. The summed E-state index contributed by atoms with van der Waals surface area (Å²) in [6, 6.07) is 16.2. The summed E-state index contributed by atoms with van der Waals surface area (Å²) >= 11 is 0. The van der Waals surface area contributed by atoms with E-state index in [2.05, 4.69) is 10.6 Å². The van der Waals surface area contributed by atoms with Crippen molar-refractivity contribution in [3.05, 3.63) is 94.0 Å². The molecule has 0 saturated carbocycles. The van der Waals surface area contributed by atoms with Crippen molar-refractivity contribution in [2.24, 2.45) is 0 Å². The van der Waals surface area contributed by atoms with Crippen LogP contribution in [0.2, 0.25) is 0 Å². The molecule has 0 saturated heterocycles. The molecule has 0 aromatic heterocycles. The van der Waals surface area contributed by atoms with E-state index in [0.717, 1.165) is 34.2 Å². The van der Waals surface area contributed by atoms with Crippen LogP contribution in [0.4, 0.5) is 10.5 Å². The van der Waals surface area contributed by atoms with E-state index >= 15 is 0 Å². The number of aryl methyl sites for hydroxylation is 4. The molecule has 0 heterocycles.